The van der Waals surface area contributed by atoms with E-state index in [1.165, 1.54) is 12.8 Å². The maximum Gasteiger partial charge on any atom is 0.223 e. The molecule has 1 aliphatic rings. The van der Waals surface area contributed by atoms with Gasteiger partial charge in [-0.15, -0.1) is 0 Å². The van der Waals surface area contributed by atoms with Crippen molar-refractivity contribution in [3.63, 3.8) is 0 Å². The van der Waals surface area contributed by atoms with Gasteiger partial charge in [0.2, 0.25) is 5.95 Å². The summed E-state index contributed by atoms with van der Waals surface area (Å²) in [5.74, 6) is 1.98. The zero-order valence-electron chi connectivity index (χ0n) is 8.49. The maximum atomic E-state index is 5.60. The van der Waals surface area contributed by atoms with Crippen LogP contribution in [0.4, 0.5) is 17.6 Å². The number of nitrogens with one attached hydrogen (secondary N) is 1. The molecule has 5 heteroatoms. The summed E-state index contributed by atoms with van der Waals surface area (Å²) in [4.78, 5) is 10.4. The van der Waals surface area contributed by atoms with Crippen LogP contribution in [0.25, 0.3) is 0 Å². The molecule has 3 N–H and O–H groups in total. The Labute approximate surface area is 83.3 Å². The van der Waals surface area contributed by atoms with E-state index < -0.39 is 0 Å². The predicted octanol–water partition coefficient (Wildman–Crippen LogP) is 0.699. The van der Waals surface area contributed by atoms with Crippen LogP contribution in [0.5, 0.6) is 0 Å². The second-order valence-corrected chi connectivity index (χ2v) is 3.56. The Morgan fingerprint density at radius 2 is 2.21 bits per heavy atom. The van der Waals surface area contributed by atoms with E-state index in [4.69, 9.17) is 5.73 Å². The van der Waals surface area contributed by atoms with Gasteiger partial charge in [0, 0.05) is 26.2 Å². The maximum absolute atomic E-state index is 5.60. The fourth-order valence-electron chi connectivity index (χ4n) is 1.41. The smallest absolute Gasteiger partial charge is 0.223 e. The van der Waals surface area contributed by atoms with E-state index in [-0.39, 0.29) is 0 Å². The highest BCUT2D eigenvalue weighted by molar-refractivity contribution is 5.53. The number of nitrogen functional groups attached to an aromatic ring is 1. The molecule has 2 rings (SSSR count). The summed E-state index contributed by atoms with van der Waals surface area (Å²) in [5, 5.41) is 2.96. The quantitative estimate of drug-likeness (QED) is 0.739. The van der Waals surface area contributed by atoms with Gasteiger partial charge in [0.25, 0.3) is 0 Å². The predicted molar refractivity (Wildman–Crippen MR) is 57.4 cm³/mol. The van der Waals surface area contributed by atoms with Gasteiger partial charge in [0.05, 0.1) is 0 Å². The lowest BCUT2D eigenvalue weighted by Crippen LogP contribution is -2.21. The standard InChI is InChI=1S/C9H15N5/c1-11-7-5-8(13-9(10)12-7)14(2)6-3-4-6/h5-6H,3-4H2,1-2H3,(H3,10,11,12,13). The number of hydrogen-bond donors (Lipinski definition) is 2. The molecule has 0 amide bonds. The topological polar surface area (TPSA) is 67.1 Å². The third-order valence-electron chi connectivity index (χ3n) is 2.44. The van der Waals surface area contributed by atoms with Crippen LogP contribution in [0.15, 0.2) is 6.07 Å². The molecule has 0 saturated heterocycles. The van der Waals surface area contributed by atoms with Gasteiger partial charge in [-0.25, -0.2) is 0 Å². The third-order valence-corrected chi connectivity index (χ3v) is 2.44. The van der Waals surface area contributed by atoms with Gasteiger partial charge in [-0.05, 0) is 12.8 Å². The molecule has 0 spiro atoms. The Morgan fingerprint density at radius 1 is 1.50 bits per heavy atom. The highest BCUT2D eigenvalue weighted by Gasteiger charge is 2.27. The van der Waals surface area contributed by atoms with E-state index in [9.17, 15) is 0 Å². The second-order valence-electron chi connectivity index (χ2n) is 3.56. The van der Waals surface area contributed by atoms with Crippen LogP contribution >= 0.6 is 0 Å². The minimum absolute atomic E-state index is 0.319. The summed E-state index contributed by atoms with van der Waals surface area (Å²) in [7, 11) is 3.86. The van der Waals surface area contributed by atoms with Crippen LogP contribution in [0, 0.1) is 0 Å². The highest BCUT2D eigenvalue weighted by Crippen LogP contribution is 2.29. The molecule has 1 aliphatic carbocycles. The normalized spacial score (nSPS) is 15.3. The van der Waals surface area contributed by atoms with Crippen LogP contribution in [-0.4, -0.2) is 30.1 Å². The number of rotatable bonds is 3. The summed E-state index contributed by atoms with van der Waals surface area (Å²) < 4.78 is 0. The van der Waals surface area contributed by atoms with Crippen molar-refractivity contribution in [2.45, 2.75) is 18.9 Å². The fraction of sp³-hybridized carbons (Fsp3) is 0.556. The lowest BCUT2D eigenvalue weighted by Gasteiger charge is -2.17. The molecule has 1 aromatic rings. The second kappa shape index (κ2) is 3.32. The first-order valence-corrected chi connectivity index (χ1v) is 4.76. The lowest BCUT2D eigenvalue weighted by molar-refractivity contribution is 0.888. The van der Waals surface area contributed by atoms with Crippen molar-refractivity contribution in [1.82, 2.24) is 9.97 Å². The first-order chi connectivity index (χ1) is 6.70. The first kappa shape index (κ1) is 9.05. The van der Waals surface area contributed by atoms with Gasteiger partial charge in [-0.3, -0.25) is 0 Å². The van der Waals surface area contributed by atoms with Crippen LogP contribution in [0.2, 0.25) is 0 Å². The highest BCUT2D eigenvalue weighted by atomic mass is 15.2. The molecule has 76 valence electrons. The molecule has 0 radical (unpaired) electrons. The molecule has 1 heterocycles. The summed E-state index contributed by atoms with van der Waals surface area (Å²) in [6.07, 6.45) is 2.49. The van der Waals surface area contributed by atoms with Gasteiger partial charge >= 0.3 is 0 Å². The number of nitrogens with two attached hydrogens (primary N) is 1. The average molecular weight is 193 g/mol. The molecule has 0 bridgehead atoms. The van der Waals surface area contributed by atoms with Crippen LogP contribution in [-0.2, 0) is 0 Å². The molecule has 0 atom stereocenters. The third kappa shape index (κ3) is 1.71. The van der Waals surface area contributed by atoms with E-state index in [1.807, 2.05) is 20.2 Å². The summed E-state index contributed by atoms with van der Waals surface area (Å²) in [6.45, 7) is 0. The van der Waals surface area contributed by atoms with Crippen LogP contribution < -0.4 is 16.0 Å². The first-order valence-electron chi connectivity index (χ1n) is 4.76. The average Bonchev–Trinajstić information content (AvgIpc) is 2.99. The largest absolute Gasteiger partial charge is 0.373 e. The summed E-state index contributed by atoms with van der Waals surface area (Å²) >= 11 is 0. The minimum atomic E-state index is 0.319. The Balaban J connectivity index is 2.27. The Bertz CT molecular complexity index is 334. The Hall–Kier alpha value is -1.52. The van der Waals surface area contributed by atoms with Gasteiger partial charge in [-0.2, -0.15) is 9.97 Å². The van der Waals surface area contributed by atoms with Crippen molar-refractivity contribution >= 4 is 17.6 Å². The molecule has 0 aliphatic heterocycles. The number of nitrogens with zero attached hydrogens (tertiary/aromatic N) is 3. The fourth-order valence-corrected chi connectivity index (χ4v) is 1.41. The molecule has 0 unspecified atom stereocenters. The zero-order chi connectivity index (χ0) is 10.1. The van der Waals surface area contributed by atoms with E-state index in [0.29, 0.717) is 12.0 Å². The van der Waals surface area contributed by atoms with Gasteiger partial charge in [0.15, 0.2) is 0 Å². The van der Waals surface area contributed by atoms with Crippen molar-refractivity contribution in [3.05, 3.63) is 6.07 Å². The van der Waals surface area contributed by atoms with Crippen molar-refractivity contribution < 1.29 is 0 Å². The zero-order valence-corrected chi connectivity index (χ0v) is 8.49. The SMILES string of the molecule is CNc1cc(N(C)C2CC2)nc(N)n1. The molecular formula is C9H15N5. The van der Waals surface area contributed by atoms with Gasteiger partial charge in [-0.1, -0.05) is 0 Å². The molecule has 1 aromatic heterocycles. The van der Waals surface area contributed by atoms with E-state index >= 15 is 0 Å². The van der Waals surface area contributed by atoms with Gasteiger partial charge in [0.1, 0.15) is 11.6 Å². The molecule has 5 nitrogen and oxygen atoms in total. The van der Waals surface area contributed by atoms with Crippen molar-refractivity contribution in [3.8, 4) is 0 Å². The van der Waals surface area contributed by atoms with E-state index in [2.05, 4.69) is 20.2 Å². The summed E-state index contributed by atoms with van der Waals surface area (Å²) in [5.41, 5.74) is 5.60. The van der Waals surface area contributed by atoms with E-state index in [1.54, 1.807) is 0 Å². The van der Waals surface area contributed by atoms with Crippen LogP contribution in [0.3, 0.4) is 0 Å². The van der Waals surface area contributed by atoms with Crippen molar-refractivity contribution in [1.29, 1.82) is 0 Å². The van der Waals surface area contributed by atoms with Crippen molar-refractivity contribution in [2.75, 3.05) is 30.0 Å². The van der Waals surface area contributed by atoms with Crippen LogP contribution in [0.1, 0.15) is 12.8 Å². The molecular weight excluding hydrogens is 178 g/mol. The molecule has 1 fully saturated rings. The van der Waals surface area contributed by atoms with Crippen molar-refractivity contribution in [2.24, 2.45) is 0 Å². The number of hydrogen-bond acceptors (Lipinski definition) is 5. The molecule has 1 saturated carbocycles. The molecule has 0 aromatic carbocycles. The lowest BCUT2D eigenvalue weighted by atomic mass is 10.4. The van der Waals surface area contributed by atoms with E-state index in [0.717, 1.165) is 11.6 Å². The minimum Gasteiger partial charge on any atom is -0.373 e. The van der Waals surface area contributed by atoms with Gasteiger partial charge < -0.3 is 16.0 Å². The summed E-state index contributed by atoms with van der Waals surface area (Å²) in [6, 6.07) is 2.54. The number of aromatic nitrogens is 2. The Kier molecular flexibility index (Phi) is 2.15. The monoisotopic (exact) mass is 193 g/mol. The Morgan fingerprint density at radius 3 is 2.79 bits per heavy atom. The number of anilines is 3. The molecule has 14 heavy (non-hydrogen) atoms.